The maximum Gasteiger partial charge on any atom is 0.305 e. The fourth-order valence-electron chi connectivity index (χ4n) is 2.24. The average Bonchev–Trinajstić information content (AvgIpc) is 2.51. The van der Waals surface area contributed by atoms with Gasteiger partial charge in [0.1, 0.15) is 0 Å². The second kappa shape index (κ2) is 5.30. The molecule has 1 aromatic rings. The van der Waals surface area contributed by atoms with Gasteiger partial charge in [-0.2, -0.15) is 0 Å². The van der Waals surface area contributed by atoms with Gasteiger partial charge in [0.15, 0.2) is 0 Å². The Morgan fingerprint density at radius 3 is 2.84 bits per heavy atom. The van der Waals surface area contributed by atoms with Crippen LogP contribution in [-0.2, 0) is 9.59 Å². The first-order valence-corrected chi connectivity index (χ1v) is 6.36. The van der Waals surface area contributed by atoms with Crippen LogP contribution in [0.5, 0.6) is 0 Å². The lowest BCUT2D eigenvalue weighted by Gasteiger charge is -2.24. The van der Waals surface area contributed by atoms with Crippen LogP contribution in [0.25, 0.3) is 0 Å². The highest BCUT2D eigenvalue weighted by Gasteiger charge is 2.21. The zero-order chi connectivity index (χ0) is 14.0. The minimum atomic E-state index is -0.825. The van der Waals surface area contributed by atoms with Crippen LogP contribution in [0, 0.1) is 13.8 Å². The van der Waals surface area contributed by atoms with Crippen LogP contribution in [0.4, 0.5) is 11.4 Å². The second-order valence-electron chi connectivity index (χ2n) is 4.83. The largest absolute Gasteiger partial charge is 0.481 e. The Bertz CT molecular complexity index is 526. The van der Waals surface area contributed by atoms with Gasteiger partial charge in [-0.15, -0.1) is 0 Å². The standard InChI is InChI=1S/C14H18N2O3/c1-9-3-4-11-14(10(9)2)15-12(17)5-7-16(11)8-6-13(18)19/h3-4H,5-8H2,1-2H3,(H,15,17)(H,18,19). The molecule has 0 spiro atoms. The molecular weight excluding hydrogens is 244 g/mol. The van der Waals surface area contributed by atoms with Gasteiger partial charge >= 0.3 is 5.97 Å². The zero-order valence-electron chi connectivity index (χ0n) is 11.2. The quantitative estimate of drug-likeness (QED) is 0.873. The van der Waals surface area contributed by atoms with Crippen LogP contribution < -0.4 is 10.2 Å². The van der Waals surface area contributed by atoms with Gasteiger partial charge < -0.3 is 15.3 Å². The summed E-state index contributed by atoms with van der Waals surface area (Å²) in [6, 6.07) is 3.95. The van der Waals surface area contributed by atoms with Crippen molar-refractivity contribution in [1.29, 1.82) is 0 Å². The van der Waals surface area contributed by atoms with Gasteiger partial charge in [0.05, 0.1) is 17.8 Å². The first-order valence-electron chi connectivity index (χ1n) is 6.36. The van der Waals surface area contributed by atoms with Crippen LogP contribution in [0.3, 0.4) is 0 Å². The summed E-state index contributed by atoms with van der Waals surface area (Å²) in [6.07, 6.45) is 0.452. The summed E-state index contributed by atoms with van der Waals surface area (Å²) in [7, 11) is 0. The summed E-state index contributed by atoms with van der Waals surface area (Å²) < 4.78 is 0. The van der Waals surface area contributed by atoms with Gasteiger partial charge in [0.25, 0.3) is 0 Å². The monoisotopic (exact) mass is 262 g/mol. The highest BCUT2D eigenvalue weighted by atomic mass is 16.4. The number of hydrogen-bond donors (Lipinski definition) is 2. The first-order chi connectivity index (χ1) is 8.99. The molecule has 0 unspecified atom stereocenters. The van der Waals surface area contributed by atoms with Crippen LogP contribution >= 0.6 is 0 Å². The van der Waals surface area contributed by atoms with Crippen molar-refractivity contribution < 1.29 is 14.7 Å². The minimum absolute atomic E-state index is 0.0206. The molecule has 0 saturated carbocycles. The van der Waals surface area contributed by atoms with Gasteiger partial charge in [-0.25, -0.2) is 0 Å². The zero-order valence-corrected chi connectivity index (χ0v) is 11.2. The average molecular weight is 262 g/mol. The van der Waals surface area contributed by atoms with Crippen LogP contribution in [0.15, 0.2) is 12.1 Å². The third-order valence-electron chi connectivity index (χ3n) is 3.52. The third-order valence-corrected chi connectivity index (χ3v) is 3.52. The van der Waals surface area contributed by atoms with Crippen molar-refractivity contribution in [1.82, 2.24) is 0 Å². The molecule has 0 radical (unpaired) electrons. The number of carbonyl (C=O) groups excluding carboxylic acids is 1. The Kier molecular flexibility index (Phi) is 3.74. The molecule has 5 heteroatoms. The number of anilines is 2. The Hall–Kier alpha value is -2.04. The number of carbonyl (C=O) groups is 2. The number of hydrogen-bond acceptors (Lipinski definition) is 3. The van der Waals surface area contributed by atoms with Crippen molar-refractivity contribution in [2.75, 3.05) is 23.3 Å². The lowest BCUT2D eigenvalue weighted by atomic mass is 10.1. The molecule has 0 aliphatic carbocycles. The molecule has 2 N–H and O–H groups in total. The minimum Gasteiger partial charge on any atom is -0.481 e. The Labute approximate surface area is 112 Å². The van der Waals surface area contributed by atoms with Gasteiger partial charge in [0, 0.05) is 19.5 Å². The molecule has 0 atom stereocenters. The molecule has 0 bridgehead atoms. The van der Waals surface area contributed by atoms with E-state index in [1.54, 1.807) is 0 Å². The molecule has 102 valence electrons. The van der Waals surface area contributed by atoms with E-state index >= 15 is 0 Å². The van der Waals surface area contributed by atoms with Crippen LogP contribution in [0.2, 0.25) is 0 Å². The lowest BCUT2D eigenvalue weighted by molar-refractivity contribution is -0.136. The molecular formula is C14H18N2O3. The van der Waals surface area contributed by atoms with E-state index in [1.165, 1.54) is 0 Å². The lowest BCUT2D eigenvalue weighted by Crippen LogP contribution is -2.27. The van der Waals surface area contributed by atoms with Crippen molar-refractivity contribution in [3.8, 4) is 0 Å². The van der Waals surface area contributed by atoms with Crippen molar-refractivity contribution in [3.05, 3.63) is 23.3 Å². The summed E-state index contributed by atoms with van der Waals surface area (Å²) >= 11 is 0. The second-order valence-corrected chi connectivity index (χ2v) is 4.83. The molecule has 2 rings (SSSR count). The van der Waals surface area contributed by atoms with E-state index in [0.29, 0.717) is 19.5 Å². The van der Waals surface area contributed by atoms with Crippen LogP contribution in [-0.4, -0.2) is 30.1 Å². The predicted molar refractivity (Wildman–Crippen MR) is 73.6 cm³/mol. The van der Waals surface area contributed by atoms with Crippen molar-refractivity contribution in [3.63, 3.8) is 0 Å². The first kappa shape index (κ1) is 13.4. The molecule has 1 aliphatic heterocycles. The third kappa shape index (κ3) is 2.86. The summed E-state index contributed by atoms with van der Waals surface area (Å²) in [4.78, 5) is 24.4. The molecule has 1 heterocycles. The van der Waals surface area contributed by atoms with Gasteiger partial charge in [0.2, 0.25) is 5.91 Å². The number of fused-ring (bicyclic) bond motifs is 1. The van der Waals surface area contributed by atoms with Crippen LogP contribution in [0.1, 0.15) is 24.0 Å². The van der Waals surface area contributed by atoms with E-state index < -0.39 is 5.97 Å². The maximum absolute atomic E-state index is 11.7. The van der Waals surface area contributed by atoms with Crippen molar-refractivity contribution >= 4 is 23.3 Å². The molecule has 1 aromatic carbocycles. The van der Waals surface area contributed by atoms with E-state index in [-0.39, 0.29) is 12.3 Å². The highest BCUT2D eigenvalue weighted by Crippen LogP contribution is 2.33. The normalized spacial score (nSPS) is 14.6. The van der Waals surface area contributed by atoms with E-state index in [0.717, 1.165) is 22.5 Å². The molecule has 0 aromatic heterocycles. The Morgan fingerprint density at radius 2 is 2.16 bits per heavy atom. The number of rotatable bonds is 3. The Morgan fingerprint density at radius 1 is 1.42 bits per heavy atom. The molecule has 0 saturated heterocycles. The number of amides is 1. The number of carboxylic acids is 1. The van der Waals surface area contributed by atoms with Gasteiger partial charge in [-0.05, 0) is 31.0 Å². The fourth-order valence-corrected chi connectivity index (χ4v) is 2.24. The van der Waals surface area contributed by atoms with E-state index in [2.05, 4.69) is 5.32 Å². The smallest absolute Gasteiger partial charge is 0.305 e. The van der Waals surface area contributed by atoms with Gasteiger partial charge in [-0.1, -0.05) is 6.07 Å². The maximum atomic E-state index is 11.7. The summed E-state index contributed by atoms with van der Waals surface area (Å²) in [5.41, 5.74) is 3.87. The number of benzene rings is 1. The summed E-state index contributed by atoms with van der Waals surface area (Å²) in [6.45, 7) is 4.93. The number of aliphatic carboxylic acids is 1. The summed E-state index contributed by atoms with van der Waals surface area (Å²) in [5, 5.41) is 11.7. The fraction of sp³-hybridized carbons (Fsp3) is 0.429. The van der Waals surface area contributed by atoms with Gasteiger partial charge in [-0.3, -0.25) is 9.59 Å². The van der Waals surface area contributed by atoms with E-state index in [4.69, 9.17) is 5.11 Å². The molecule has 1 amide bonds. The molecule has 5 nitrogen and oxygen atoms in total. The summed E-state index contributed by atoms with van der Waals surface area (Å²) in [5.74, 6) is -0.846. The number of aryl methyl sites for hydroxylation is 1. The van der Waals surface area contributed by atoms with E-state index in [1.807, 2.05) is 30.9 Å². The predicted octanol–water partition coefficient (Wildman–Crippen LogP) is 1.93. The topological polar surface area (TPSA) is 69.6 Å². The number of nitrogens with one attached hydrogen (secondary N) is 1. The molecule has 1 aliphatic rings. The highest BCUT2D eigenvalue weighted by molar-refractivity contribution is 5.97. The number of nitrogens with zero attached hydrogens (tertiary/aromatic N) is 1. The molecule has 0 fully saturated rings. The SMILES string of the molecule is Cc1ccc2c(c1C)NC(=O)CCN2CCC(=O)O. The van der Waals surface area contributed by atoms with Crippen molar-refractivity contribution in [2.24, 2.45) is 0 Å². The van der Waals surface area contributed by atoms with E-state index in [9.17, 15) is 9.59 Å². The molecule has 19 heavy (non-hydrogen) atoms. The Balaban J connectivity index is 2.37. The number of carboxylic acid groups (broad SMARTS) is 1. The van der Waals surface area contributed by atoms with Crippen molar-refractivity contribution in [2.45, 2.75) is 26.7 Å².